The number of benzene rings is 2. The van der Waals surface area contributed by atoms with Crippen LogP contribution in [-0.2, 0) is 16.6 Å². The van der Waals surface area contributed by atoms with Crippen molar-refractivity contribution in [3.05, 3.63) is 58.9 Å². The number of hydrogen-bond acceptors (Lipinski definition) is 3. The van der Waals surface area contributed by atoms with Crippen LogP contribution in [0.1, 0.15) is 5.56 Å². The molecule has 0 aliphatic rings. The van der Waals surface area contributed by atoms with Gasteiger partial charge < -0.3 is 5.32 Å². The molecule has 0 radical (unpaired) electrons. The largest absolute Gasteiger partial charge is 0.381 e. The highest BCUT2D eigenvalue weighted by atomic mass is 35.5. The van der Waals surface area contributed by atoms with Crippen LogP contribution in [0.5, 0.6) is 0 Å². The topological polar surface area (TPSA) is 58.2 Å². The molecule has 0 aliphatic carbocycles. The predicted molar refractivity (Wildman–Crippen MR) is 83.6 cm³/mol. The zero-order chi connectivity index (χ0) is 15.5. The van der Waals surface area contributed by atoms with Crippen molar-refractivity contribution in [2.75, 3.05) is 16.3 Å². The van der Waals surface area contributed by atoms with E-state index in [-0.39, 0.29) is 11.6 Å². The van der Waals surface area contributed by atoms with E-state index in [0.717, 1.165) is 11.9 Å². The summed E-state index contributed by atoms with van der Waals surface area (Å²) >= 11 is 5.71. The predicted octanol–water partition coefficient (Wildman–Crippen LogP) is 3.46. The van der Waals surface area contributed by atoms with E-state index in [1.54, 1.807) is 36.4 Å². The Labute approximate surface area is 128 Å². The molecule has 21 heavy (non-hydrogen) atoms. The highest BCUT2D eigenvalue weighted by molar-refractivity contribution is 7.92. The molecule has 2 aromatic carbocycles. The van der Waals surface area contributed by atoms with Gasteiger partial charge in [-0.3, -0.25) is 4.72 Å². The number of halogens is 2. The van der Waals surface area contributed by atoms with E-state index >= 15 is 0 Å². The fraction of sp³-hybridized carbons (Fsp3) is 0.143. The molecule has 0 atom stereocenters. The lowest BCUT2D eigenvalue weighted by Gasteiger charge is -2.09. The fourth-order valence-corrected chi connectivity index (χ4v) is 2.51. The zero-order valence-corrected chi connectivity index (χ0v) is 12.8. The monoisotopic (exact) mass is 328 g/mol. The third-order valence-electron chi connectivity index (χ3n) is 2.70. The maximum atomic E-state index is 13.7. The van der Waals surface area contributed by atoms with Crippen LogP contribution in [0, 0.1) is 5.82 Å². The molecular weight excluding hydrogens is 315 g/mol. The van der Waals surface area contributed by atoms with Gasteiger partial charge >= 0.3 is 0 Å². The molecule has 0 saturated carbocycles. The second-order valence-corrected chi connectivity index (χ2v) is 6.67. The molecule has 0 spiro atoms. The zero-order valence-electron chi connectivity index (χ0n) is 11.2. The Balaban J connectivity index is 2.02. The lowest BCUT2D eigenvalue weighted by molar-refractivity contribution is 0.606. The number of sulfonamides is 1. The van der Waals surface area contributed by atoms with Gasteiger partial charge in [-0.1, -0.05) is 23.7 Å². The number of rotatable bonds is 5. The molecule has 2 rings (SSSR count). The van der Waals surface area contributed by atoms with Gasteiger partial charge in [0.05, 0.1) is 11.3 Å². The van der Waals surface area contributed by atoms with Gasteiger partial charge in [0.25, 0.3) is 0 Å². The van der Waals surface area contributed by atoms with Crippen molar-refractivity contribution in [2.24, 2.45) is 0 Å². The summed E-state index contributed by atoms with van der Waals surface area (Å²) in [6, 6.07) is 11.5. The fourth-order valence-electron chi connectivity index (χ4n) is 1.75. The van der Waals surface area contributed by atoms with E-state index in [1.165, 1.54) is 6.07 Å². The molecule has 7 heteroatoms. The first-order valence-corrected chi connectivity index (χ1v) is 8.37. The van der Waals surface area contributed by atoms with Gasteiger partial charge in [-0.05, 0) is 30.3 Å². The highest BCUT2D eigenvalue weighted by Crippen LogP contribution is 2.20. The Bertz CT molecular complexity index is 733. The van der Waals surface area contributed by atoms with Crippen molar-refractivity contribution in [3.63, 3.8) is 0 Å². The molecule has 0 aromatic heterocycles. The maximum Gasteiger partial charge on any atom is 0.229 e. The van der Waals surface area contributed by atoms with Crippen LogP contribution in [0.25, 0.3) is 0 Å². The molecule has 2 aromatic rings. The van der Waals surface area contributed by atoms with Crippen LogP contribution in [0.15, 0.2) is 42.5 Å². The maximum absolute atomic E-state index is 13.7. The Kier molecular flexibility index (Phi) is 4.69. The second kappa shape index (κ2) is 6.32. The molecule has 4 nitrogen and oxygen atoms in total. The molecule has 2 N–H and O–H groups in total. The third-order valence-corrected chi connectivity index (χ3v) is 3.60. The van der Waals surface area contributed by atoms with E-state index in [4.69, 9.17) is 11.6 Å². The summed E-state index contributed by atoms with van der Waals surface area (Å²) in [6.45, 7) is 0.283. The Morgan fingerprint density at radius 3 is 2.33 bits per heavy atom. The van der Waals surface area contributed by atoms with E-state index in [1.807, 2.05) is 0 Å². The van der Waals surface area contributed by atoms with Gasteiger partial charge in [-0.15, -0.1) is 0 Å². The molecule has 112 valence electrons. The van der Waals surface area contributed by atoms with E-state index in [2.05, 4.69) is 10.0 Å². The first kappa shape index (κ1) is 15.6. The summed E-state index contributed by atoms with van der Waals surface area (Å²) in [5.74, 6) is -0.443. The van der Waals surface area contributed by atoms with Gasteiger partial charge in [0.15, 0.2) is 0 Å². The lowest BCUT2D eigenvalue weighted by Crippen LogP contribution is -2.09. The smallest absolute Gasteiger partial charge is 0.229 e. The van der Waals surface area contributed by atoms with E-state index in [9.17, 15) is 12.8 Å². The van der Waals surface area contributed by atoms with E-state index in [0.29, 0.717) is 11.3 Å². The summed E-state index contributed by atoms with van der Waals surface area (Å²) in [7, 11) is -3.29. The summed E-state index contributed by atoms with van der Waals surface area (Å²) in [6.07, 6.45) is 1.08. The normalized spacial score (nSPS) is 11.2. The molecule has 0 heterocycles. The van der Waals surface area contributed by atoms with Crippen molar-refractivity contribution < 1.29 is 12.8 Å². The van der Waals surface area contributed by atoms with Gasteiger partial charge in [0.2, 0.25) is 10.0 Å². The van der Waals surface area contributed by atoms with Gasteiger partial charge in [-0.25, -0.2) is 12.8 Å². The number of anilines is 2. The SMILES string of the molecule is CS(=O)(=O)Nc1ccc(NCc2cccc(Cl)c2F)cc1. The number of nitrogens with one attached hydrogen (secondary N) is 2. The first-order valence-electron chi connectivity index (χ1n) is 6.10. The summed E-state index contributed by atoms with van der Waals surface area (Å²) in [5, 5.41) is 3.13. The van der Waals surface area contributed by atoms with Crippen molar-refractivity contribution in [1.29, 1.82) is 0 Å². The minimum atomic E-state index is -3.29. The van der Waals surface area contributed by atoms with Crippen molar-refractivity contribution in [1.82, 2.24) is 0 Å². The van der Waals surface area contributed by atoms with Crippen LogP contribution in [0.2, 0.25) is 5.02 Å². The van der Waals surface area contributed by atoms with Crippen molar-refractivity contribution in [2.45, 2.75) is 6.54 Å². The summed E-state index contributed by atoms with van der Waals surface area (Å²) in [5.41, 5.74) is 1.67. The molecule has 0 unspecified atom stereocenters. The van der Waals surface area contributed by atoms with Gasteiger partial charge in [0.1, 0.15) is 5.82 Å². The van der Waals surface area contributed by atoms with Crippen molar-refractivity contribution >= 4 is 33.0 Å². The quantitative estimate of drug-likeness (QED) is 0.883. The molecular formula is C14H14ClFN2O2S. The molecule has 0 amide bonds. The van der Waals surface area contributed by atoms with Gasteiger partial charge in [0, 0.05) is 23.5 Å². The van der Waals surface area contributed by atoms with Crippen LogP contribution in [0.3, 0.4) is 0 Å². The minimum absolute atomic E-state index is 0.0852. The molecule has 0 aliphatic heterocycles. The molecule has 0 fully saturated rings. The van der Waals surface area contributed by atoms with Crippen molar-refractivity contribution in [3.8, 4) is 0 Å². The standard InChI is InChI=1S/C14H14ClFN2O2S/c1-21(19,20)18-12-7-5-11(6-8-12)17-9-10-3-2-4-13(15)14(10)16/h2-8,17-18H,9H2,1H3. The summed E-state index contributed by atoms with van der Waals surface area (Å²) in [4.78, 5) is 0. The Morgan fingerprint density at radius 2 is 1.71 bits per heavy atom. The minimum Gasteiger partial charge on any atom is -0.381 e. The Hall–Kier alpha value is -1.79. The van der Waals surface area contributed by atoms with Crippen LogP contribution in [0.4, 0.5) is 15.8 Å². The summed E-state index contributed by atoms with van der Waals surface area (Å²) < 4.78 is 38.2. The first-order chi connectivity index (χ1) is 9.85. The van der Waals surface area contributed by atoms with Crippen LogP contribution < -0.4 is 10.0 Å². The van der Waals surface area contributed by atoms with Crippen LogP contribution in [-0.4, -0.2) is 14.7 Å². The Morgan fingerprint density at radius 1 is 1.10 bits per heavy atom. The lowest BCUT2D eigenvalue weighted by atomic mass is 10.2. The third kappa shape index (κ3) is 4.61. The average Bonchev–Trinajstić information content (AvgIpc) is 2.40. The van der Waals surface area contributed by atoms with Gasteiger partial charge in [-0.2, -0.15) is 0 Å². The van der Waals surface area contributed by atoms with Crippen LogP contribution >= 0.6 is 11.6 Å². The average molecular weight is 329 g/mol. The molecule has 0 saturated heterocycles. The molecule has 0 bridgehead atoms. The number of hydrogen-bond donors (Lipinski definition) is 2. The second-order valence-electron chi connectivity index (χ2n) is 4.52. The van der Waals surface area contributed by atoms with E-state index < -0.39 is 15.8 Å². The highest BCUT2D eigenvalue weighted by Gasteiger charge is 2.06.